The molecule has 1 saturated carbocycles. The Hall–Kier alpha value is -2.34. The van der Waals surface area contributed by atoms with E-state index < -0.39 is 10.0 Å². The van der Waals surface area contributed by atoms with Crippen molar-refractivity contribution in [1.82, 2.24) is 4.72 Å². The molecule has 2 atom stereocenters. The van der Waals surface area contributed by atoms with Crippen LogP contribution in [0.4, 0.5) is 0 Å². The Balaban J connectivity index is 1.34. The van der Waals surface area contributed by atoms with E-state index in [2.05, 4.69) is 22.9 Å². The van der Waals surface area contributed by atoms with Crippen molar-refractivity contribution in [3.05, 3.63) is 64.2 Å². The van der Waals surface area contributed by atoms with Crippen molar-refractivity contribution in [2.75, 3.05) is 6.54 Å². The number of nitrogens with one attached hydrogen (secondary N) is 1. The predicted octanol–water partition coefficient (Wildman–Crippen LogP) is 4.65. The first-order valence-corrected chi connectivity index (χ1v) is 13.8. The molecule has 1 heterocycles. The maximum absolute atomic E-state index is 12.5. The van der Waals surface area contributed by atoms with Gasteiger partial charge in [-0.2, -0.15) is 5.26 Å². The first kappa shape index (κ1) is 22.5. The summed E-state index contributed by atoms with van der Waals surface area (Å²) in [7, 11) is -3.22. The number of hydrogen-bond acceptors (Lipinski definition) is 6. The van der Waals surface area contributed by atoms with Crippen molar-refractivity contribution in [1.29, 1.82) is 5.26 Å². The van der Waals surface area contributed by atoms with Gasteiger partial charge in [-0.15, -0.1) is 0 Å². The normalized spacial score (nSPS) is 22.2. The smallest absolute Gasteiger partial charge is 0.215 e. The van der Waals surface area contributed by atoms with E-state index in [4.69, 9.17) is 9.73 Å². The number of fused-ring (bicyclic) bond motifs is 1. The van der Waals surface area contributed by atoms with Crippen LogP contribution in [0.25, 0.3) is 0 Å². The molecule has 5 rings (SSSR count). The molecule has 8 heteroatoms. The fourth-order valence-electron chi connectivity index (χ4n) is 4.58. The molecule has 2 aliphatic carbocycles. The molecule has 0 amide bonds. The molecule has 0 spiro atoms. The summed E-state index contributed by atoms with van der Waals surface area (Å²) in [6.07, 6.45) is 3.21. The Morgan fingerprint density at radius 2 is 1.97 bits per heavy atom. The van der Waals surface area contributed by atoms with Crippen molar-refractivity contribution in [2.45, 2.75) is 62.2 Å². The van der Waals surface area contributed by atoms with E-state index in [9.17, 15) is 13.7 Å². The van der Waals surface area contributed by atoms with Crippen molar-refractivity contribution >= 4 is 26.8 Å². The molecule has 1 fully saturated rings. The fourth-order valence-corrected chi connectivity index (χ4v) is 7.35. The molecular formula is C25H27N3O3S2. The van der Waals surface area contributed by atoms with Gasteiger partial charge in [-0.3, -0.25) is 4.99 Å². The van der Waals surface area contributed by atoms with Gasteiger partial charge < -0.3 is 4.74 Å². The molecule has 2 aromatic carbocycles. The molecule has 0 bridgehead atoms. The van der Waals surface area contributed by atoms with Crippen molar-refractivity contribution in [2.24, 2.45) is 4.99 Å². The average Bonchev–Trinajstić information content (AvgIpc) is 3.43. The largest absolute Gasteiger partial charge is 0.490 e. The van der Waals surface area contributed by atoms with Crippen LogP contribution in [-0.2, 0) is 16.4 Å². The monoisotopic (exact) mass is 481 g/mol. The second-order valence-corrected chi connectivity index (χ2v) is 12.3. The second kappa shape index (κ2) is 8.79. The van der Waals surface area contributed by atoms with Crippen LogP contribution < -0.4 is 9.46 Å². The molecule has 1 N–H and O–H groups in total. The van der Waals surface area contributed by atoms with Gasteiger partial charge in [-0.1, -0.05) is 30.0 Å². The predicted molar refractivity (Wildman–Crippen MR) is 131 cm³/mol. The summed E-state index contributed by atoms with van der Waals surface area (Å²) in [5.41, 5.74) is 5.04. The molecule has 0 saturated heterocycles. The van der Waals surface area contributed by atoms with Gasteiger partial charge in [-0.25, -0.2) is 13.1 Å². The minimum absolute atomic E-state index is 0.00304. The summed E-state index contributed by atoms with van der Waals surface area (Å²) in [6, 6.07) is 14.0. The molecule has 3 aliphatic rings. The topological polar surface area (TPSA) is 91.5 Å². The van der Waals surface area contributed by atoms with Gasteiger partial charge in [0.15, 0.2) is 0 Å². The Bertz CT molecular complexity index is 1260. The van der Waals surface area contributed by atoms with E-state index in [0.717, 1.165) is 41.9 Å². The number of hydrogen-bond donors (Lipinski definition) is 1. The van der Waals surface area contributed by atoms with Gasteiger partial charge in [0, 0.05) is 11.6 Å². The molecule has 0 radical (unpaired) electrons. The summed E-state index contributed by atoms with van der Waals surface area (Å²) in [4.78, 5) is 4.78. The van der Waals surface area contributed by atoms with Gasteiger partial charge in [0.05, 0.1) is 33.8 Å². The summed E-state index contributed by atoms with van der Waals surface area (Å²) in [6.45, 7) is 4.55. The van der Waals surface area contributed by atoms with E-state index in [1.807, 2.05) is 38.1 Å². The summed E-state index contributed by atoms with van der Waals surface area (Å²) < 4.78 is 33.6. The minimum atomic E-state index is -3.22. The Kier molecular flexibility index (Phi) is 5.98. The molecule has 6 nitrogen and oxygen atoms in total. The van der Waals surface area contributed by atoms with Crippen LogP contribution in [0, 0.1) is 11.3 Å². The third-order valence-electron chi connectivity index (χ3n) is 6.29. The Morgan fingerprint density at radius 1 is 1.18 bits per heavy atom. The molecule has 0 aromatic heterocycles. The van der Waals surface area contributed by atoms with Gasteiger partial charge in [0.1, 0.15) is 11.8 Å². The summed E-state index contributed by atoms with van der Waals surface area (Å²) >= 11 is 1.71. The number of nitrogens with zero attached hydrogens (tertiary/aromatic N) is 2. The third-order valence-corrected chi connectivity index (χ3v) is 9.53. The average molecular weight is 482 g/mol. The first-order chi connectivity index (χ1) is 15.9. The zero-order valence-electron chi connectivity index (χ0n) is 18.7. The highest BCUT2D eigenvalue weighted by Gasteiger charge is 2.39. The number of thioether (sulfide) groups is 1. The fraction of sp³-hybridized carbons (Fsp3) is 0.440. The lowest BCUT2D eigenvalue weighted by Gasteiger charge is -2.17. The third kappa shape index (κ3) is 4.54. The standard InChI is InChI=1S/C25H27N3O3S2/c1-15(2)31-23-11-6-16(12-17(23)13-26)25-27-14-24(32-25)21-5-3-4-20-19(21)9-10-22(20)28-33(29,30)18-7-8-18/h3-6,11-12,15,18,22,24,28H,7-10,14H2,1-2H3. The number of aliphatic imine (C=N–C) groups is 1. The Labute approximate surface area is 199 Å². The number of ether oxygens (including phenoxy) is 1. The lowest BCUT2D eigenvalue weighted by Crippen LogP contribution is -2.30. The number of nitriles is 1. The van der Waals surface area contributed by atoms with E-state index in [1.54, 1.807) is 11.8 Å². The van der Waals surface area contributed by atoms with Crippen LogP contribution in [0.5, 0.6) is 5.75 Å². The maximum atomic E-state index is 12.5. The van der Waals surface area contributed by atoms with Crippen LogP contribution >= 0.6 is 11.8 Å². The second-order valence-electron chi connectivity index (χ2n) is 9.11. The van der Waals surface area contributed by atoms with Gasteiger partial charge in [0.25, 0.3) is 0 Å². The zero-order valence-corrected chi connectivity index (χ0v) is 20.4. The first-order valence-electron chi connectivity index (χ1n) is 11.4. The van der Waals surface area contributed by atoms with Crippen LogP contribution in [0.1, 0.15) is 72.2 Å². The number of rotatable bonds is 7. The van der Waals surface area contributed by atoms with E-state index in [1.165, 1.54) is 11.1 Å². The maximum Gasteiger partial charge on any atom is 0.215 e. The highest BCUT2D eigenvalue weighted by molar-refractivity contribution is 8.14. The molecule has 172 valence electrons. The molecule has 2 unspecified atom stereocenters. The van der Waals surface area contributed by atoms with Crippen LogP contribution in [0.3, 0.4) is 0 Å². The van der Waals surface area contributed by atoms with Crippen molar-refractivity contribution in [3.63, 3.8) is 0 Å². The highest BCUT2D eigenvalue weighted by Crippen LogP contribution is 2.44. The summed E-state index contributed by atoms with van der Waals surface area (Å²) in [5, 5.41) is 10.5. The molecule has 1 aliphatic heterocycles. The Morgan fingerprint density at radius 3 is 2.70 bits per heavy atom. The molecule has 2 aromatic rings. The molecular weight excluding hydrogens is 454 g/mol. The van der Waals surface area contributed by atoms with Crippen molar-refractivity contribution in [3.8, 4) is 11.8 Å². The van der Waals surface area contributed by atoms with Crippen LogP contribution in [0.15, 0.2) is 41.4 Å². The lowest BCUT2D eigenvalue weighted by molar-refractivity contribution is 0.241. The highest BCUT2D eigenvalue weighted by atomic mass is 32.2. The van der Waals surface area contributed by atoms with E-state index >= 15 is 0 Å². The zero-order chi connectivity index (χ0) is 23.2. The van der Waals surface area contributed by atoms with E-state index in [-0.39, 0.29) is 22.6 Å². The van der Waals surface area contributed by atoms with Crippen molar-refractivity contribution < 1.29 is 13.2 Å². The van der Waals surface area contributed by atoms with Gasteiger partial charge >= 0.3 is 0 Å². The minimum Gasteiger partial charge on any atom is -0.490 e. The van der Waals surface area contributed by atoms with Gasteiger partial charge in [0.2, 0.25) is 10.0 Å². The van der Waals surface area contributed by atoms with Gasteiger partial charge in [-0.05, 0) is 74.4 Å². The summed E-state index contributed by atoms with van der Waals surface area (Å²) in [5.74, 6) is 0.594. The van der Waals surface area contributed by atoms with Crippen LogP contribution in [-0.4, -0.2) is 31.4 Å². The molecule has 33 heavy (non-hydrogen) atoms. The quantitative estimate of drug-likeness (QED) is 0.622. The van der Waals surface area contributed by atoms with E-state index in [0.29, 0.717) is 17.9 Å². The number of benzene rings is 2. The van der Waals surface area contributed by atoms with Crippen LogP contribution in [0.2, 0.25) is 0 Å². The lowest BCUT2D eigenvalue weighted by atomic mass is 10.00. The SMILES string of the molecule is CC(C)Oc1ccc(C2=NCC(c3cccc4c3CCC4NS(=O)(=O)C3CC3)S2)cc1C#N. The number of sulfonamides is 1.